The van der Waals surface area contributed by atoms with Crippen LogP contribution in [-0.4, -0.2) is 81.6 Å². The highest BCUT2D eigenvalue weighted by molar-refractivity contribution is 8.03. The number of benzene rings is 2. The maximum atomic E-state index is 11.9. The van der Waals surface area contributed by atoms with E-state index in [2.05, 4.69) is 0 Å². The van der Waals surface area contributed by atoms with Crippen LogP contribution in [0.15, 0.2) is 70.5 Å². The molecule has 0 saturated carbocycles. The van der Waals surface area contributed by atoms with Crippen molar-refractivity contribution in [1.29, 1.82) is 0 Å². The van der Waals surface area contributed by atoms with Gasteiger partial charge in [-0.25, -0.2) is 0 Å². The minimum absolute atomic E-state index is 0.00268. The van der Waals surface area contributed by atoms with Crippen LogP contribution >= 0.6 is 47.0 Å². The van der Waals surface area contributed by atoms with E-state index < -0.39 is 12.2 Å². The van der Waals surface area contributed by atoms with Gasteiger partial charge >= 0.3 is 11.9 Å². The summed E-state index contributed by atoms with van der Waals surface area (Å²) in [5.74, 6) is 2.39. The second-order valence-corrected chi connectivity index (χ2v) is 13.1. The van der Waals surface area contributed by atoms with Crippen LogP contribution in [0.2, 0.25) is 0 Å². The normalized spacial score (nSPS) is 13.5. The topological polar surface area (TPSA) is 93.1 Å². The molecule has 0 saturated heterocycles. The molecule has 0 amide bonds. The van der Waals surface area contributed by atoms with E-state index in [-0.39, 0.29) is 30.4 Å². The maximum absolute atomic E-state index is 11.9. The molecule has 0 fully saturated rings. The Bertz CT molecular complexity index is 887. The summed E-state index contributed by atoms with van der Waals surface area (Å²) in [6.07, 6.45) is -0.820. The molecule has 0 spiro atoms. The average molecular weight is 585 g/mol. The van der Waals surface area contributed by atoms with E-state index in [0.29, 0.717) is 35.9 Å². The van der Waals surface area contributed by atoms with Gasteiger partial charge in [0, 0.05) is 43.8 Å². The summed E-state index contributed by atoms with van der Waals surface area (Å²) in [5.41, 5.74) is 0. The molecule has 204 valence electrons. The molecule has 37 heavy (non-hydrogen) atoms. The number of ether oxygens (including phenoxy) is 2. The Balaban J connectivity index is 1.43. The molecular formula is C27H36O6S4. The van der Waals surface area contributed by atoms with Gasteiger partial charge in [-0.15, -0.1) is 23.5 Å². The largest absolute Gasteiger partial charge is 0.463 e. The van der Waals surface area contributed by atoms with E-state index in [1.54, 1.807) is 47.0 Å². The van der Waals surface area contributed by atoms with E-state index >= 15 is 0 Å². The molecule has 2 N–H and O–H groups in total. The van der Waals surface area contributed by atoms with Crippen molar-refractivity contribution in [1.82, 2.24) is 0 Å². The van der Waals surface area contributed by atoms with Gasteiger partial charge in [-0.2, -0.15) is 23.5 Å². The summed E-state index contributed by atoms with van der Waals surface area (Å²) in [6.45, 7) is 2.04. The summed E-state index contributed by atoms with van der Waals surface area (Å²) in [4.78, 5) is 26.0. The fourth-order valence-corrected chi connectivity index (χ4v) is 6.72. The Morgan fingerprint density at radius 2 is 1.19 bits per heavy atom. The van der Waals surface area contributed by atoms with E-state index in [0.717, 1.165) is 15.5 Å². The monoisotopic (exact) mass is 584 g/mol. The number of aliphatic hydroxyl groups is 2. The number of hydrogen-bond acceptors (Lipinski definition) is 10. The number of hydrogen-bond donors (Lipinski definition) is 2. The molecule has 2 rings (SSSR count). The zero-order valence-electron chi connectivity index (χ0n) is 21.0. The lowest BCUT2D eigenvalue weighted by Crippen LogP contribution is -2.23. The van der Waals surface area contributed by atoms with Crippen LogP contribution in [0.25, 0.3) is 0 Å². The third-order valence-corrected chi connectivity index (χ3v) is 9.65. The zero-order valence-corrected chi connectivity index (χ0v) is 24.3. The van der Waals surface area contributed by atoms with Crippen molar-refractivity contribution in [2.45, 2.75) is 47.0 Å². The molecule has 6 nitrogen and oxygen atoms in total. The molecular weight excluding hydrogens is 549 g/mol. The predicted octanol–water partition coefficient (Wildman–Crippen LogP) is 5.01. The number of esters is 2. The molecule has 0 aliphatic heterocycles. The fraction of sp³-hybridized carbons (Fsp3) is 0.481. The lowest BCUT2D eigenvalue weighted by molar-refractivity contribution is -0.146. The number of aliphatic hydroxyl groups excluding tert-OH is 2. The van der Waals surface area contributed by atoms with Gasteiger partial charge in [0.2, 0.25) is 0 Å². The van der Waals surface area contributed by atoms with Crippen molar-refractivity contribution < 1.29 is 29.3 Å². The second kappa shape index (κ2) is 19.7. The Kier molecular flexibility index (Phi) is 17.0. The SMILES string of the molecule is CC(CSCC(O)COC(=O)CCSc1ccccc1)SCC(O)COC(=O)CCSc1ccccc1. The van der Waals surface area contributed by atoms with Crippen molar-refractivity contribution in [2.24, 2.45) is 0 Å². The Hall–Kier alpha value is -1.30. The van der Waals surface area contributed by atoms with Crippen LogP contribution < -0.4 is 0 Å². The van der Waals surface area contributed by atoms with Crippen molar-refractivity contribution in [3.63, 3.8) is 0 Å². The molecule has 0 aromatic heterocycles. The number of carbonyl (C=O) groups is 2. The van der Waals surface area contributed by atoms with Crippen LogP contribution in [0.1, 0.15) is 19.8 Å². The minimum atomic E-state index is -0.715. The third kappa shape index (κ3) is 16.3. The maximum Gasteiger partial charge on any atom is 0.306 e. The molecule has 0 bridgehead atoms. The highest BCUT2D eigenvalue weighted by Crippen LogP contribution is 2.20. The summed E-state index contributed by atoms with van der Waals surface area (Å²) in [7, 11) is 0. The van der Waals surface area contributed by atoms with Crippen molar-refractivity contribution in [3.05, 3.63) is 60.7 Å². The first kappa shape index (κ1) is 31.9. The van der Waals surface area contributed by atoms with E-state index in [9.17, 15) is 19.8 Å². The molecule has 3 atom stereocenters. The smallest absolute Gasteiger partial charge is 0.306 e. The van der Waals surface area contributed by atoms with Crippen molar-refractivity contribution in [3.8, 4) is 0 Å². The van der Waals surface area contributed by atoms with Crippen LogP contribution in [0.3, 0.4) is 0 Å². The van der Waals surface area contributed by atoms with Crippen molar-refractivity contribution >= 4 is 59.0 Å². The standard InChI is InChI=1S/C27H36O6S4/c1-21(37-20-23(29)17-33-27(31)13-15-36-25-10-6-3-7-11-25)18-34-19-22(28)16-32-26(30)12-14-35-24-8-4-2-5-9-24/h2-11,21-23,28-29H,12-20H2,1H3. The van der Waals surface area contributed by atoms with Gasteiger partial charge in [-0.05, 0) is 24.3 Å². The first-order chi connectivity index (χ1) is 17.9. The summed E-state index contributed by atoms with van der Waals surface area (Å²) >= 11 is 6.37. The zero-order chi connectivity index (χ0) is 26.7. The van der Waals surface area contributed by atoms with Gasteiger partial charge in [0.25, 0.3) is 0 Å². The third-order valence-electron chi connectivity index (χ3n) is 4.75. The van der Waals surface area contributed by atoms with E-state index in [4.69, 9.17) is 9.47 Å². The van der Waals surface area contributed by atoms with Crippen LogP contribution in [0.5, 0.6) is 0 Å². The number of rotatable bonds is 19. The Labute approximate surface area is 237 Å². The number of thioether (sulfide) groups is 4. The molecule has 3 unspecified atom stereocenters. The first-order valence-corrected chi connectivity index (χ1v) is 16.3. The second-order valence-electron chi connectivity index (χ2n) is 8.18. The highest BCUT2D eigenvalue weighted by Gasteiger charge is 2.14. The van der Waals surface area contributed by atoms with Gasteiger partial charge in [0.1, 0.15) is 13.2 Å². The van der Waals surface area contributed by atoms with Gasteiger partial charge in [-0.1, -0.05) is 43.3 Å². The van der Waals surface area contributed by atoms with Gasteiger partial charge < -0.3 is 19.7 Å². The first-order valence-electron chi connectivity index (χ1n) is 12.1. The molecule has 2 aromatic carbocycles. The van der Waals surface area contributed by atoms with Gasteiger partial charge in [-0.3, -0.25) is 9.59 Å². The molecule has 10 heteroatoms. The lowest BCUT2D eigenvalue weighted by atomic mass is 10.4. The highest BCUT2D eigenvalue weighted by atomic mass is 32.2. The summed E-state index contributed by atoms with van der Waals surface area (Å²) in [5, 5.41) is 20.4. The Morgan fingerprint density at radius 3 is 1.68 bits per heavy atom. The van der Waals surface area contributed by atoms with Crippen LogP contribution in [-0.2, 0) is 19.1 Å². The van der Waals surface area contributed by atoms with Crippen LogP contribution in [0, 0.1) is 0 Å². The van der Waals surface area contributed by atoms with Crippen molar-refractivity contribution in [2.75, 3.05) is 42.0 Å². The van der Waals surface area contributed by atoms with Gasteiger partial charge in [0.15, 0.2) is 0 Å². The van der Waals surface area contributed by atoms with E-state index in [1.165, 1.54) is 0 Å². The van der Waals surface area contributed by atoms with E-state index in [1.807, 2.05) is 67.6 Å². The lowest BCUT2D eigenvalue weighted by Gasteiger charge is -2.16. The number of carbonyl (C=O) groups excluding carboxylic acids is 2. The molecule has 0 heterocycles. The van der Waals surface area contributed by atoms with Gasteiger partial charge in [0.05, 0.1) is 25.0 Å². The molecule has 0 aliphatic carbocycles. The molecule has 0 radical (unpaired) electrons. The van der Waals surface area contributed by atoms with Crippen LogP contribution in [0.4, 0.5) is 0 Å². The minimum Gasteiger partial charge on any atom is -0.463 e. The quantitative estimate of drug-likeness (QED) is 0.173. The molecule has 2 aromatic rings. The Morgan fingerprint density at radius 1 is 0.730 bits per heavy atom. The summed E-state index contributed by atoms with van der Waals surface area (Å²) in [6, 6.07) is 19.8. The molecule has 0 aliphatic rings. The fourth-order valence-electron chi connectivity index (χ4n) is 2.85. The summed E-state index contributed by atoms with van der Waals surface area (Å²) < 4.78 is 10.4. The predicted molar refractivity (Wildman–Crippen MR) is 157 cm³/mol. The average Bonchev–Trinajstić information content (AvgIpc) is 2.91.